The van der Waals surface area contributed by atoms with Gasteiger partial charge in [-0.2, -0.15) is 0 Å². The van der Waals surface area contributed by atoms with E-state index in [0.717, 1.165) is 12.3 Å². The molecular formula is C17H25Cl. The highest BCUT2D eigenvalue weighted by molar-refractivity contribution is 6.20. The zero-order chi connectivity index (χ0) is 13.0. The van der Waals surface area contributed by atoms with Gasteiger partial charge >= 0.3 is 0 Å². The first-order valence-corrected chi connectivity index (χ1v) is 7.79. The van der Waals surface area contributed by atoms with Crippen LogP contribution in [-0.2, 0) is 6.42 Å². The fraction of sp³-hybridized carbons (Fsp3) is 0.647. The largest absolute Gasteiger partial charge is 0.123 e. The highest BCUT2D eigenvalue weighted by Gasteiger charge is 2.17. The molecule has 1 unspecified atom stereocenters. The standard InChI is InChI=1S/C17H25Cl/c1-13-7-8-14(2)16(11-13)12-17(18)10-9-15-5-3-4-6-15/h7-8,11,15,17H,3-6,9-10,12H2,1-2H3. The minimum Gasteiger partial charge on any atom is -0.123 e. The van der Waals surface area contributed by atoms with Gasteiger partial charge in [-0.15, -0.1) is 11.6 Å². The van der Waals surface area contributed by atoms with Gasteiger partial charge < -0.3 is 0 Å². The minimum absolute atomic E-state index is 0.311. The van der Waals surface area contributed by atoms with Gasteiger partial charge in [0.05, 0.1) is 0 Å². The summed E-state index contributed by atoms with van der Waals surface area (Å²) < 4.78 is 0. The van der Waals surface area contributed by atoms with E-state index in [2.05, 4.69) is 32.0 Å². The maximum atomic E-state index is 6.52. The van der Waals surface area contributed by atoms with Gasteiger partial charge in [-0.1, -0.05) is 49.4 Å². The van der Waals surface area contributed by atoms with E-state index < -0.39 is 0 Å². The molecule has 1 heteroatoms. The third-order valence-corrected chi connectivity index (χ3v) is 4.68. The van der Waals surface area contributed by atoms with Crippen molar-refractivity contribution in [3.63, 3.8) is 0 Å². The van der Waals surface area contributed by atoms with Crippen molar-refractivity contribution in [2.75, 3.05) is 0 Å². The summed E-state index contributed by atoms with van der Waals surface area (Å²) >= 11 is 6.52. The number of hydrogen-bond donors (Lipinski definition) is 0. The predicted octanol–water partition coefficient (Wildman–Crippen LogP) is 5.42. The second kappa shape index (κ2) is 6.61. The van der Waals surface area contributed by atoms with E-state index in [0.29, 0.717) is 5.38 Å². The van der Waals surface area contributed by atoms with Crippen molar-refractivity contribution in [2.24, 2.45) is 5.92 Å². The third-order valence-electron chi connectivity index (χ3n) is 4.31. The van der Waals surface area contributed by atoms with E-state index in [-0.39, 0.29) is 0 Å². The predicted molar refractivity (Wildman–Crippen MR) is 80.5 cm³/mol. The van der Waals surface area contributed by atoms with Gasteiger partial charge in [0.1, 0.15) is 0 Å². The van der Waals surface area contributed by atoms with E-state index in [1.807, 2.05) is 0 Å². The zero-order valence-corrected chi connectivity index (χ0v) is 12.5. The molecule has 1 aliphatic carbocycles. The van der Waals surface area contributed by atoms with Crippen molar-refractivity contribution >= 4 is 11.6 Å². The van der Waals surface area contributed by atoms with Crippen LogP contribution in [0.5, 0.6) is 0 Å². The van der Waals surface area contributed by atoms with Crippen molar-refractivity contribution in [3.8, 4) is 0 Å². The fourth-order valence-electron chi connectivity index (χ4n) is 3.08. The van der Waals surface area contributed by atoms with Crippen LogP contribution in [0.4, 0.5) is 0 Å². The van der Waals surface area contributed by atoms with Crippen LogP contribution < -0.4 is 0 Å². The Bertz CT molecular complexity index is 377. The van der Waals surface area contributed by atoms with Gasteiger partial charge in [-0.05, 0) is 50.2 Å². The highest BCUT2D eigenvalue weighted by atomic mass is 35.5. The Morgan fingerprint density at radius 3 is 2.67 bits per heavy atom. The molecule has 1 aromatic rings. The molecule has 0 saturated heterocycles. The molecule has 1 aromatic carbocycles. The van der Waals surface area contributed by atoms with Gasteiger partial charge in [-0.3, -0.25) is 0 Å². The van der Waals surface area contributed by atoms with Crippen LogP contribution in [-0.4, -0.2) is 5.38 Å². The summed E-state index contributed by atoms with van der Waals surface area (Å²) in [5, 5.41) is 0.311. The minimum atomic E-state index is 0.311. The van der Waals surface area contributed by atoms with Gasteiger partial charge in [-0.25, -0.2) is 0 Å². The number of benzene rings is 1. The molecule has 100 valence electrons. The molecule has 0 radical (unpaired) electrons. The van der Waals surface area contributed by atoms with E-state index in [9.17, 15) is 0 Å². The summed E-state index contributed by atoms with van der Waals surface area (Å²) in [4.78, 5) is 0. The number of rotatable bonds is 5. The summed E-state index contributed by atoms with van der Waals surface area (Å²) in [6.45, 7) is 4.35. The lowest BCUT2D eigenvalue weighted by atomic mass is 9.96. The second-order valence-corrected chi connectivity index (χ2v) is 6.58. The topological polar surface area (TPSA) is 0 Å². The van der Waals surface area contributed by atoms with Gasteiger partial charge in [0, 0.05) is 5.38 Å². The van der Waals surface area contributed by atoms with Crippen LogP contribution in [0.15, 0.2) is 18.2 Å². The Labute approximate surface area is 117 Å². The lowest BCUT2D eigenvalue weighted by Crippen LogP contribution is -2.07. The average molecular weight is 265 g/mol. The Morgan fingerprint density at radius 2 is 1.94 bits per heavy atom. The maximum Gasteiger partial charge on any atom is 0.0376 e. The average Bonchev–Trinajstić information content (AvgIpc) is 2.84. The first kappa shape index (κ1) is 13.9. The molecule has 0 aliphatic heterocycles. The normalized spacial score (nSPS) is 18.2. The van der Waals surface area contributed by atoms with Crippen molar-refractivity contribution in [1.82, 2.24) is 0 Å². The Hall–Kier alpha value is -0.490. The van der Waals surface area contributed by atoms with Crippen molar-refractivity contribution in [2.45, 2.75) is 64.2 Å². The molecule has 1 fully saturated rings. The first-order chi connectivity index (χ1) is 8.65. The van der Waals surface area contributed by atoms with E-state index in [1.165, 1.54) is 55.2 Å². The zero-order valence-electron chi connectivity index (χ0n) is 11.7. The van der Waals surface area contributed by atoms with Crippen LogP contribution in [0, 0.1) is 19.8 Å². The molecule has 1 aliphatic rings. The fourth-order valence-corrected chi connectivity index (χ4v) is 3.37. The second-order valence-electron chi connectivity index (χ2n) is 5.96. The van der Waals surface area contributed by atoms with Crippen LogP contribution in [0.25, 0.3) is 0 Å². The summed E-state index contributed by atoms with van der Waals surface area (Å²) in [5.41, 5.74) is 4.16. The molecule has 2 rings (SSSR count). The molecule has 0 amide bonds. The lowest BCUT2D eigenvalue weighted by Gasteiger charge is -2.14. The van der Waals surface area contributed by atoms with Gasteiger partial charge in [0.15, 0.2) is 0 Å². The molecule has 0 nitrogen and oxygen atoms in total. The number of aryl methyl sites for hydroxylation is 2. The van der Waals surface area contributed by atoms with E-state index in [1.54, 1.807) is 0 Å². The van der Waals surface area contributed by atoms with E-state index >= 15 is 0 Å². The molecule has 0 bridgehead atoms. The van der Waals surface area contributed by atoms with Crippen LogP contribution in [0.3, 0.4) is 0 Å². The number of halogens is 1. The van der Waals surface area contributed by atoms with Gasteiger partial charge in [0.25, 0.3) is 0 Å². The van der Waals surface area contributed by atoms with E-state index in [4.69, 9.17) is 11.6 Å². The lowest BCUT2D eigenvalue weighted by molar-refractivity contribution is 0.476. The first-order valence-electron chi connectivity index (χ1n) is 7.35. The summed E-state index contributed by atoms with van der Waals surface area (Å²) in [7, 11) is 0. The van der Waals surface area contributed by atoms with Crippen LogP contribution in [0.2, 0.25) is 0 Å². The Kier molecular flexibility index (Phi) is 5.12. The Balaban J connectivity index is 1.82. The summed E-state index contributed by atoms with van der Waals surface area (Å²) in [6.07, 6.45) is 9.30. The smallest absolute Gasteiger partial charge is 0.0376 e. The highest BCUT2D eigenvalue weighted by Crippen LogP contribution is 2.30. The van der Waals surface area contributed by atoms with Crippen molar-refractivity contribution < 1.29 is 0 Å². The maximum absolute atomic E-state index is 6.52. The quantitative estimate of drug-likeness (QED) is 0.623. The number of hydrogen-bond acceptors (Lipinski definition) is 0. The molecule has 1 atom stereocenters. The molecule has 0 N–H and O–H groups in total. The number of alkyl halides is 1. The molecule has 0 aromatic heterocycles. The molecule has 0 spiro atoms. The summed E-state index contributed by atoms with van der Waals surface area (Å²) in [6, 6.07) is 6.69. The molecular weight excluding hydrogens is 240 g/mol. The van der Waals surface area contributed by atoms with Crippen molar-refractivity contribution in [1.29, 1.82) is 0 Å². The SMILES string of the molecule is Cc1ccc(C)c(CC(Cl)CCC2CCCC2)c1. The van der Waals surface area contributed by atoms with Crippen LogP contribution >= 0.6 is 11.6 Å². The monoisotopic (exact) mass is 264 g/mol. The van der Waals surface area contributed by atoms with Gasteiger partial charge in [0.2, 0.25) is 0 Å². The summed E-state index contributed by atoms with van der Waals surface area (Å²) in [5.74, 6) is 0.963. The Morgan fingerprint density at radius 1 is 1.22 bits per heavy atom. The molecule has 0 heterocycles. The van der Waals surface area contributed by atoms with Crippen LogP contribution in [0.1, 0.15) is 55.2 Å². The van der Waals surface area contributed by atoms with Crippen molar-refractivity contribution in [3.05, 3.63) is 34.9 Å². The third kappa shape index (κ3) is 4.02. The molecule has 18 heavy (non-hydrogen) atoms. The molecule has 1 saturated carbocycles.